The summed E-state index contributed by atoms with van der Waals surface area (Å²) in [6.07, 6.45) is 0.586. The quantitative estimate of drug-likeness (QED) is 0.758. The van der Waals surface area contributed by atoms with Crippen molar-refractivity contribution in [3.05, 3.63) is 59.2 Å². The predicted octanol–water partition coefficient (Wildman–Crippen LogP) is 2.31. The number of anilines is 1. The molecule has 0 heterocycles. The number of aryl methyl sites for hydroxylation is 2. The van der Waals surface area contributed by atoms with E-state index < -0.39 is 11.8 Å². The Bertz CT molecular complexity index is 709. The minimum Gasteiger partial charge on any atom is -0.508 e. The van der Waals surface area contributed by atoms with E-state index in [-0.39, 0.29) is 5.75 Å². The number of amides is 2. The van der Waals surface area contributed by atoms with Crippen LogP contribution in [0.3, 0.4) is 0 Å². The van der Waals surface area contributed by atoms with E-state index in [1.165, 1.54) is 0 Å². The molecular weight excluding hydrogens is 292 g/mol. The molecule has 0 bridgehead atoms. The Morgan fingerprint density at radius 1 is 0.957 bits per heavy atom. The summed E-state index contributed by atoms with van der Waals surface area (Å²) < 4.78 is 0. The Kier molecular flexibility index (Phi) is 5.36. The molecule has 3 N–H and O–H groups in total. The molecule has 2 rings (SSSR count). The highest BCUT2D eigenvalue weighted by Gasteiger charge is 2.13. The lowest BCUT2D eigenvalue weighted by Gasteiger charge is -2.08. The number of carbonyl (C=O) groups excluding carboxylic acids is 2. The minimum absolute atomic E-state index is 0.200. The van der Waals surface area contributed by atoms with E-state index in [1.807, 2.05) is 26.0 Å². The van der Waals surface area contributed by atoms with Crippen molar-refractivity contribution < 1.29 is 14.7 Å². The molecule has 0 aliphatic heterocycles. The minimum atomic E-state index is -0.682. The molecule has 0 spiro atoms. The molecule has 0 atom stereocenters. The lowest BCUT2D eigenvalue weighted by Crippen LogP contribution is -2.36. The van der Waals surface area contributed by atoms with Crippen LogP contribution in [0.25, 0.3) is 0 Å². The predicted molar refractivity (Wildman–Crippen MR) is 89.4 cm³/mol. The molecule has 0 radical (unpaired) electrons. The monoisotopic (exact) mass is 312 g/mol. The SMILES string of the molecule is Cc1ccc(NC(=O)C(=O)NCCc2ccc(O)cc2)cc1C. The van der Waals surface area contributed by atoms with Crippen molar-refractivity contribution in [1.29, 1.82) is 0 Å². The van der Waals surface area contributed by atoms with Crippen LogP contribution >= 0.6 is 0 Å². The van der Waals surface area contributed by atoms with Crippen molar-refractivity contribution in [2.45, 2.75) is 20.3 Å². The average molecular weight is 312 g/mol. The van der Waals surface area contributed by atoms with Crippen LogP contribution in [0.4, 0.5) is 5.69 Å². The van der Waals surface area contributed by atoms with E-state index in [9.17, 15) is 14.7 Å². The smallest absolute Gasteiger partial charge is 0.313 e. The number of nitrogens with one attached hydrogen (secondary N) is 2. The van der Waals surface area contributed by atoms with Gasteiger partial charge in [0.05, 0.1) is 0 Å². The van der Waals surface area contributed by atoms with Crippen LogP contribution in [0.15, 0.2) is 42.5 Å². The summed E-state index contributed by atoms with van der Waals surface area (Å²) in [5.74, 6) is -1.15. The average Bonchev–Trinajstić information content (AvgIpc) is 2.52. The second kappa shape index (κ2) is 7.45. The first-order valence-corrected chi connectivity index (χ1v) is 7.40. The van der Waals surface area contributed by atoms with Gasteiger partial charge in [0.2, 0.25) is 0 Å². The first kappa shape index (κ1) is 16.5. The molecule has 23 heavy (non-hydrogen) atoms. The first-order valence-electron chi connectivity index (χ1n) is 7.40. The summed E-state index contributed by atoms with van der Waals surface area (Å²) in [7, 11) is 0. The molecule has 0 aromatic heterocycles. The lowest BCUT2D eigenvalue weighted by molar-refractivity contribution is -0.136. The zero-order chi connectivity index (χ0) is 16.8. The Hall–Kier alpha value is -2.82. The molecule has 2 aromatic carbocycles. The number of benzene rings is 2. The number of hydrogen-bond donors (Lipinski definition) is 3. The van der Waals surface area contributed by atoms with E-state index in [0.717, 1.165) is 16.7 Å². The number of hydrogen-bond acceptors (Lipinski definition) is 3. The fraction of sp³-hybridized carbons (Fsp3) is 0.222. The van der Waals surface area contributed by atoms with Crippen molar-refractivity contribution in [3.63, 3.8) is 0 Å². The highest BCUT2D eigenvalue weighted by molar-refractivity contribution is 6.39. The normalized spacial score (nSPS) is 10.2. The Morgan fingerprint density at radius 2 is 1.65 bits per heavy atom. The van der Waals surface area contributed by atoms with Crippen LogP contribution in [0, 0.1) is 13.8 Å². The van der Waals surface area contributed by atoms with E-state index >= 15 is 0 Å². The Labute approximate surface area is 135 Å². The molecule has 120 valence electrons. The second-order valence-electron chi connectivity index (χ2n) is 5.43. The third kappa shape index (κ3) is 4.85. The van der Waals surface area contributed by atoms with Crippen LogP contribution < -0.4 is 10.6 Å². The number of rotatable bonds is 4. The van der Waals surface area contributed by atoms with Gasteiger partial charge in [-0.15, -0.1) is 0 Å². The first-order chi connectivity index (χ1) is 11.0. The topological polar surface area (TPSA) is 78.4 Å². The third-order valence-electron chi connectivity index (χ3n) is 3.61. The van der Waals surface area contributed by atoms with E-state index in [4.69, 9.17) is 0 Å². The molecule has 0 aliphatic carbocycles. The maximum atomic E-state index is 11.8. The van der Waals surface area contributed by atoms with Crippen molar-refractivity contribution in [3.8, 4) is 5.75 Å². The summed E-state index contributed by atoms with van der Waals surface area (Å²) in [6, 6.07) is 12.2. The van der Waals surface area contributed by atoms with E-state index in [0.29, 0.717) is 18.7 Å². The van der Waals surface area contributed by atoms with Crippen LogP contribution in [-0.4, -0.2) is 23.5 Å². The third-order valence-corrected chi connectivity index (χ3v) is 3.61. The highest BCUT2D eigenvalue weighted by atomic mass is 16.3. The number of aromatic hydroxyl groups is 1. The number of phenolic OH excluding ortho intramolecular Hbond substituents is 1. The number of phenols is 1. The summed E-state index contributed by atoms with van der Waals surface area (Å²) in [4.78, 5) is 23.6. The van der Waals surface area contributed by atoms with Gasteiger partial charge >= 0.3 is 11.8 Å². The molecule has 2 amide bonds. The van der Waals surface area contributed by atoms with Crippen LogP contribution in [0.5, 0.6) is 5.75 Å². The molecule has 2 aromatic rings. The van der Waals surface area contributed by atoms with Crippen LogP contribution in [0.2, 0.25) is 0 Å². The van der Waals surface area contributed by atoms with Gasteiger partial charge in [-0.25, -0.2) is 0 Å². The largest absolute Gasteiger partial charge is 0.508 e. The van der Waals surface area contributed by atoms with Gasteiger partial charge in [0, 0.05) is 12.2 Å². The van der Waals surface area contributed by atoms with Gasteiger partial charge in [-0.3, -0.25) is 9.59 Å². The molecule has 5 nitrogen and oxygen atoms in total. The maximum absolute atomic E-state index is 11.8. The number of carbonyl (C=O) groups is 2. The van der Waals surface area contributed by atoms with Gasteiger partial charge in [0.25, 0.3) is 0 Å². The summed E-state index contributed by atoms with van der Waals surface area (Å²) in [6.45, 7) is 4.28. The van der Waals surface area contributed by atoms with E-state index in [2.05, 4.69) is 10.6 Å². The molecular formula is C18H20N2O3. The van der Waals surface area contributed by atoms with Gasteiger partial charge in [0.1, 0.15) is 5.75 Å². The van der Waals surface area contributed by atoms with Gasteiger partial charge < -0.3 is 15.7 Å². The zero-order valence-electron chi connectivity index (χ0n) is 13.2. The Morgan fingerprint density at radius 3 is 2.30 bits per heavy atom. The van der Waals surface area contributed by atoms with Crippen molar-refractivity contribution in [2.24, 2.45) is 0 Å². The van der Waals surface area contributed by atoms with Crippen LogP contribution in [0.1, 0.15) is 16.7 Å². The summed E-state index contributed by atoms with van der Waals surface area (Å²) >= 11 is 0. The van der Waals surface area contributed by atoms with Crippen molar-refractivity contribution >= 4 is 17.5 Å². The molecule has 0 saturated carbocycles. The Balaban J connectivity index is 1.81. The van der Waals surface area contributed by atoms with Gasteiger partial charge in [-0.2, -0.15) is 0 Å². The molecule has 5 heteroatoms. The highest BCUT2D eigenvalue weighted by Crippen LogP contribution is 2.14. The molecule has 0 aliphatic rings. The fourth-order valence-electron chi connectivity index (χ4n) is 2.07. The van der Waals surface area contributed by atoms with Crippen molar-refractivity contribution in [1.82, 2.24) is 5.32 Å². The van der Waals surface area contributed by atoms with E-state index in [1.54, 1.807) is 30.3 Å². The van der Waals surface area contributed by atoms with Gasteiger partial charge in [0.15, 0.2) is 0 Å². The maximum Gasteiger partial charge on any atom is 0.313 e. The fourth-order valence-corrected chi connectivity index (χ4v) is 2.07. The second-order valence-corrected chi connectivity index (χ2v) is 5.43. The molecule has 0 saturated heterocycles. The summed E-state index contributed by atoms with van der Waals surface area (Å²) in [5.41, 5.74) is 3.75. The molecule has 0 fully saturated rings. The lowest BCUT2D eigenvalue weighted by atomic mass is 10.1. The zero-order valence-corrected chi connectivity index (χ0v) is 13.2. The van der Waals surface area contributed by atoms with Crippen LogP contribution in [-0.2, 0) is 16.0 Å². The standard InChI is InChI=1S/C18H20N2O3/c1-12-3-6-15(11-13(12)2)20-18(23)17(22)19-10-9-14-4-7-16(21)8-5-14/h3-8,11,21H,9-10H2,1-2H3,(H,19,22)(H,20,23). The van der Waals surface area contributed by atoms with Gasteiger partial charge in [-0.05, 0) is 61.2 Å². The van der Waals surface area contributed by atoms with Crippen molar-refractivity contribution in [2.75, 3.05) is 11.9 Å². The molecule has 0 unspecified atom stereocenters. The van der Waals surface area contributed by atoms with Gasteiger partial charge in [-0.1, -0.05) is 18.2 Å². The summed E-state index contributed by atoms with van der Waals surface area (Å²) in [5, 5.41) is 14.4.